The molecule has 2 heterocycles. The van der Waals surface area contributed by atoms with Crippen molar-refractivity contribution in [3.63, 3.8) is 0 Å². The van der Waals surface area contributed by atoms with E-state index in [1.54, 1.807) is 12.3 Å². The van der Waals surface area contributed by atoms with Gasteiger partial charge in [-0.2, -0.15) is 8.75 Å². The molecule has 0 bridgehead atoms. The summed E-state index contributed by atoms with van der Waals surface area (Å²) in [6.07, 6.45) is 3.83. The van der Waals surface area contributed by atoms with Gasteiger partial charge in [0.05, 0.1) is 30.5 Å². The van der Waals surface area contributed by atoms with Crippen molar-refractivity contribution in [2.75, 3.05) is 0 Å². The lowest BCUT2D eigenvalue weighted by atomic mass is 10.1. The zero-order valence-electron chi connectivity index (χ0n) is 6.04. The van der Waals surface area contributed by atoms with E-state index in [0.29, 0.717) is 11.3 Å². The second-order valence-electron chi connectivity index (χ2n) is 2.29. The van der Waals surface area contributed by atoms with Gasteiger partial charge in [0.25, 0.3) is 0 Å². The maximum atomic E-state index is 9.61. The fourth-order valence-electron chi connectivity index (χ4n) is 0.894. The summed E-state index contributed by atoms with van der Waals surface area (Å²) in [5, 5.41) is 9.61. The Morgan fingerprint density at radius 3 is 3.08 bits per heavy atom. The molecule has 2 aromatic heterocycles. The van der Waals surface area contributed by atoms with Crippen molar-refractivity contribution in [1.82, 2.24) is 8.75 Å². The Labute approximate surface area is 72.8 Å². The van der Waals surface area contributed by atoms with Gasteiger partial charge in [0, 0.05) is 5.56 Å². The molecule has 5 heteroatoms. The first-order chi connectivity index (χ1) is 5.88. The summed E-state index contributed by atoms with van der Waals surface area (Å²) in [4.78, 5) is 0. The molecule has 0 saturated heterocycles. The van der Waals surface area contributed by atoms with Crippen LogP contribution in [0.5, 0.6) is 0 Å². The molecular weight excluding hydrogens is 176 g/mol. The smallest absolute Gasteiger partial charge is 0.127 e. The van der Waals surface area contributed by atoms with Crippen molar-refractivity contribution in [3.8, 4) is 0 Å². The van der Waals surface area contributed by atoms with Gasteiger partial charge < -0.3 is 9.52 Å². The number of aliphatic hydroxyl groups excluding tert-OH is 1. The molecule has 0 aliphatic rings. The summed E-state index contributed by atoms with van der Waals surface area (Å²) in [5.74, 6) is 0. The number of aliphatic hydroxyl groups is 1. The van der Waals surface area contributed by atoms with Crippen LogP contribution in [0.3, 0.4) is 0 Å². The Bertz CT molecular complexity index is 296. The second kappa shape index (κ2) is 3.04. The molecule has 1 N–H and O–H groups in total. The number of hydrogen-bond donors (Lipinski definition) is 1. The average molecular weight is 182 g/mol. The number of nitrogens with zero attached hydrogens (tertiary/aromatic N) is 2. The zero-order valence-corrected chi connectivity index (χ0v) is 6.86. The molecule has 0 aliphatic carbocycles. The molecule has 4 nitrogen and oxygen atoms in total. The Kier molecular flexibility index (Phi) is 1.89. The molecule has 0 aliphatic heterocycles. The molecule has 62 valence electrons. The van der Waals surface area contributed by atoms with E-state index in [-0.39, 0.29) is 0 Å². The van der Waals surface area contributed by atoms with Gasteiger partial charge in [-0.05, 0) is 6.07 Å². The molecule has 2 aromatic rings. The largest absolute Gasteiger partial charge is 0.472 e. The van der Waals surface area contributed by atoms with E-state index in [2.05, 4.69) is 8.75 Å². The maximum absolute atomic E-state index is 9.61. The van der Waals surface area contributed by atoms with Crippen LogP contribution < -0.4 is 0 Å². The Morgan fingerprint density at radius 1 is 1.58 bits per heavy atom. The molecule has 0 aromatic carbocycles. The standard InChI is InChI=1S/C7H6N2O2S/c10-7(5-1-2-11-4-5)6-3-8-12-9-6/h1-4,7,10H. The molecule has 12 heavy (non-hydrogen) atoms. The highest BCUT2D eigenvalue weighted by atomic mass is 32.1. The van der Waals surface area contributed by atoms with Crippen molar-refractivity contribution < 1.29 is 9.52 Å². The molecular formula is C7H6N2O2S. The van der Waals surface area contributed by atoms with E-state index in [0.717, 1.165) is 11.7 Å². The number of rotatable bonds is 2. The lowest BCUT2D eigenvalue weighted by Crippen LogP contribution is -1.97. The fourth-order valence-corrected chi connectivity index (χ4v) is 1.34. The maximum Gasteiger partial charge on any atom is 0.127 e. The van der Waals surface area contributed by atoms with Crippen LogP contribution in [-0.4, -0.2) is 13.9 Å². The van der Waals surface area contributed by atoms with Crippen molar-refractivity contribution in [3.05, 3.63) is 36.0 Å². The van der Waals surface area contributed by atoms with Gasteiger partial charge in [0.2, 0.25) is 0 Å². The second-order valence-corrected chi connectivity index (χ2v) is 2.85. The molecule has 0 saturated carbocycles. The van der Waals surface area contributed by atoms with E-state index in [1.165, 1.54) is 12.5 Å². The van der Waals surface area contributed by atoms with E-state index in [9.17, 15) is 5.11 Å². The Hall–Kier alpha value is -1.20. The lowest BCUT2D eigenvalue weighted by Gasteiger charge is -2.01. The number of hydrogen-bond acceptors (Lipinski definition) is 5. The predicted octanol–water partition coefficient (Wildman–Crippen LogP) is 1.21. The average Bonchev–Trinajstić information content (AvgIpc) is 2.77. The van der Waals surface area contributed by atoms with Gasteiger partial charge >= 0.3 is 0 Å². The van der Waals surface area contributed by atoms with Crippen LogP contribution in [0.2, 0.25) is 0 Å². The quantitative estimate of drug-likeness (QED) is 0.758. The van der Waals surface area contributed by atoms with E-state index >= 15 is 0 Å². The summed E-state index contributed by atoms with van der Waals surface area (Å²) in [5.41, 5.74) is 1.25. The van der Waals surface area contributed by atoms with E-state index in [4.69, 9.17) is 4.42 Å². The third-order valence-electron chi connectivity index (χ3n) is 1.52. The van der Waals surface area contributed by atoms with E-state index in [1.807, 2.05) is 0 Å². The number of furan rings is 1. The summed E-state index contributed by atoms with van der Waals surface area (Å²) >= 11 is 1.07. The normalized spacial score (nSPS) is 13.1. The Morgan fingerprint density at radius 2 is 2.50 bits per heavy atom. The molecule has 0 radical (unpaired) electrons. The zero-order chi connectivity index (χ0) is 8.39. The topological polar surface area (TPSA) is 59.2 Å². The van der Waals surface area contributed by atoms with Gasteiger partial charge in [0.15, 0.2) is 0 Å². The highest BCUT2D eigenvalue weighted by molar-refractivity contribution is 6.99. The lowest BCUT2D eigenvalue weighted by molar-refractivity contribution is 0.215. The summed E-state index contributed by atoms with van der Waals surface area (Å²) in [6, 6.07) is 1.70. The fraction of sp³-hybridized carbons (Fsp3) is 0.143. The van der Waals surface area contributed by atoms with Crippen LogP contribution >= 0.6 is 11.7 Å². The van der Waals surface area contributed by atoms with Gasteiger partial charge in [-0.25, -0.2) is 0 Å². The van der Waals surface area contributed by atoms with Gasteiger partial charge in [-0.3, -0.25) is 0 Å². The van der Waals surface area contributed by atoms with Gasteiger partial charge in [0.1, 0.15) is 11.8 Å². The highest BCUT2D eigenvalue weighted by Crippen LogP contribution is 2.19. The first-order valence-electron chi connectivity index (χ1n) is 3.35. The van der Waals surface area contributed by atoms with Crippen molar-refractivity contribution in [1.29, 1.82) is 0 Å². The molecule has 0 fully saturated rings. The van der Waals surface area contributed by atoms with Crippen LogP contribution in [0.15, 0.2) is 29.2 Å². The van der Waals surface area contributed by atoms with Crippen molar-refractivity contribution in [2.24, 2.45) is 0 Å². The third-order valence-corrected chi connectivity index (χ3v) is 2.01. The molecule has 0 amide bonds. The first kappa shape index (κ1) is 7.45. The highest BCUT2D eigenvalue weighted by Gasteiger charge is 2.13. The molecule has 1 atom stereocenters. The SMILES string of the molecule is OC(c1ccoc1)c1cnsn1. The summed E-state index contributed by atoms with van der Waals surface area (Å²) in [7, 11) is 0. The van der Waals surface area contributed by atoms with E-state index < -0.39 is 6.10 Å². The van der Waals surface area contributed by atoms with Gasteiger partial charge in [-0.15, -0.1) is 0 Å². The van der Waals surface area contributed by atoms with Crippen LogP contribution in [0.1, 0.15) is 17.4 Å². The monoisotopic (exact) mass is 182 g/mol. The molecule has 0 spiro atoms. The first-order valence-corrected chi connectivity index (χ1v) is 4.08. The van der Waals surface area contributed by atoms with Crippen LogP contribution in [0, 0.1) is 0 Å². The van der Waals surface area contributed by atoms with Crippen molar-refractivity contribution in [2.45, 2.75) is 6.10 Å². The minimum atomic E-state index is -0.720. The van der Waals surface area contributed by atoms with Crippen LogP contribution in [0.25, 0.3) is 0 Å². The van der Waals surface area contributed by atoms with Gasteiger partial charge in [-0.1, -0.05) is 0 Å². The van der Waals surface area contributed by atoms with Crippen LogP contribution in [0.4, 0.5) is 0 Å². The minimum Gasteiger partial charge on any atom is -0.472 e. The summed E-state index contributed by atoms with van der Waals surface area (Å²) in [6.45, 7) is 0. The number of aromatic nitrogens is 2. The summed E-state index contributed by atoms with van der Waals surface area (Å²) < 4.78 is 12.5. The third kappa shape index (κ3) is 1.24. The molecule has 2 rings (SSSR count). The Balaban J connectivity index is 2.27. The minimum absolute atomic E-state index is 0.557. The van der Waals surface area contributed by atoms with Crippen LogP contribution in [-0.2, 0) is 0 Å². The van der Waals surface area contributed by atoms with Crippen molar-refractivity contribution >= 4 is 11.7 Å². The molecule has 1 unspecified atom stereocenters. The predicted molar refractivity (Wildman–Crippen MR) is 42.7 cm³/mol.